The predicted molar refractivity (Wildman–Crippen MR) is 120 cm³/mol. The molecule has 0 fully saturated rings. The van der Waals surface area contributed by atoms with E-state index < -0.39 is 0 Å². The van der Waals surface area contributed by atoms with Crippen molar-refractivity contribution in [2.24, 2.45) is 0 Å². The lowest BCUT2D eigenvalue weighted by Gasteiger charge is -2.18. The number of carbonyl (C=O) groups excluding carboxylic acids is 1. The average molecular weight is 421 g/mol. The highest BCUT2D eigenvalue weighted by Gasteiger charge is 2.33. The molecule has 4 heterocycles. The van der Waals surface area contributed by atoms with Crippen LogP contribution in [0.4, 0.5) is 11.6 Å². The van der Waals surface area contributed by atoms with Crippen LogP contribution in [0.5, 0.6) is 0 Å². The number of hydrogen-bond acceptors (Lipinski definition) is 7. The molecule has 0 spiro atoms. The molecule has 0 aromatic carbocycles. The van der Waals surface area contributed by atoms with Crippen molar-refractivity contribution < 1.29 is 4.79 Å². The molecule has 0 radical (unpaired) electrons. The Bertz CT molecular complexity index is 1110. The fourth-order valence-electron chi connectivity index (χ4n) is 3.71. The number of nitrogens with zero attached hydrogens (tertiary/aromatic N) is 7. The van der Waals surface area contributed by atoms with Crippen molar-refractivity contribution in [1.29, 1.82) is 0 Å². The van der Waals surface area contributed by atoms with Gasteiger partial charge in [-0.05, 0) is 46.0 Å². The molecule has 1 amide bonds. The van der Waals surface area contributed by atoms with Gasteiger partial charge in [0.2, 0.25) is 0 Å². The molecule has 4 rings (SSSR count). The summed E-state index contributed by atoms with van der Waals surface area (Å²) >= 11 is 0. The fourth-order valence-corrected chi connectivity index (χ4v) is 3.71. The van der Waals surface area contributed by atoms with Crippen LogP contribution in [0.1, 0.15) is 48.4 Å². The maximum atomic E-state index is 13.4. The quantitative estimate of drug-likeness (QED) is 0.628. The zero-order valence-corrected chi connectivity index (χ0v) is 18.6. The number of anilines is 2. The Morgan fingerprint density at radius 2 is 2.06 bits per heavy atom. The van der Waals surface area contributed by atoms with E-state index in [0.29, 0.717) is 36.0 Å². The Labute approximate surface area is 182 Å². The molecule has 162 valence electrons. The van der Waals surface area contributed by atoms with Crippen molar-refractivity contribution in [1.82, 2.24) is 30.0 Å². The summed E-state index contributed by atoms with van der Waals surface area (Å²) in [4.78, 5) is 26.7. The van der Waals surface area contributed by atoms with E-state index in [2.05, 4.69) is 36.3 Å². The van der Waals surface area contributed by atoms with Gasteiger partial charge in [-0.3, -0.25) is 9.69 Å². The molecule has 0 unspecified atom stereocenters. The Kier molecular flexibility index (Phi) is 5.69. The van der Waals surface area contributed by atoms with E-state index in [1.807, 2.05) is 47.8 Å². The van der Waals surface area contributed by atoms with Crippen molar-refractivity contribution in [3.05, 3.63) is 47.4 Å². The monoisotopic (exact) mass is 420 g/mol. The van der Waals surface area contributed by atoms with Gasteiger partial charge in [-0.2, -0.15) is 0 Å². The van der Waals surface area contributed by atoms with Crippen molar-refractivity contribution in [3.63, 3.8) is 0 Å². The third-order valence-corrected chi connectivity index (χ3v) is 5.57. The van der Waals surface area contributed by atoms with Crippen LogP contribution >= 0.6 is 0 Å². The molecule has 9 nitrogen and oxygen atoms in total. The SMILES string of the molecule is CCN(C)c1cc2c(c(CNC)n1)CN(c1cccc(-c3nncn3C(C)C)n1)C2=O. The van der Waals surface area contributed by atoms with Gasteiger partial charge in [0.25, 0.3) is 5.91 Å². The van der Waals surface area contributed by atoms with Crippen LogP contribution in [0.15, 0.2) is 30.6 Å². The maximum Gasteiger partial charge on any atom is 0.260 e. The number of fused-ring (bicyclic) bond motifs is 1. The lowest BCUT2D eigenvalue weighted by molar-refractivity contribution is 0.0996. The first kappa shape index (κ1) is 20.9. The Morgan fingerprint density at radius 3 is 2.77 bits per heavy atom. The second-order valence-electron chi connectivity index (χ2n) is 7.93. The minimum atomic E-state index is -0.0597. The van der Waals surface area contributed by atoms with Gasteiger partial charge in [0.05, 0.1) is 17.8 Å². The number of hydrogen-bond donors (Lipinski definition) is 1. The summed E-state index contributed by atoms with van der Waals surface area (Å²) in [7, 11) is 3.86. The molecule has 0 bridgehead atoms. The van der Waals surface area contributed by atoms with Gasteiger partial charge in [0.15, 0.2) is 5.82 Å². The molecular formula is C22H28N8O. The van der Waals surface area contributed by atoms with Gasteiger partial charge in [0.1, 0.15) is 23.7 Å². The van der Waals surface area contributed by atoms with E-state index in [0.717, 1.165) is 23.6 Å². The number of amides is 1. The number of carbonyl (C=O) groups is 1. The van der Waals surface area contributed by atoms with Crippen molar-refractivity contribution in [2.75, 3.05) is 30.4 Å². The molecule has 9 heteroatoms. The summed E-state index contributed by atoms with van der Waals surface area (Å²) < 4.78 is 1.97. The first-order valence-corrected chi connectivity index (χ1v) is 10.5. The summed E-state index contributed by atoms with van der Waals surface area (Å²) in [6.45, 7) is 8.05. The summed E-state index contributed by atoms with van der Waals surface area (Å²) in [5.74, 6) is 2.02. The van der Waals surface area contributed by atoms with Gasteiger partial charge in [-0.15, -0.1) is 10.2 Å². The van der Waals surface area contributed by atoms with E-state index in [4.69, 9.17) is 9.97 Å². The lowest BCUT2D eigenvalue weighted by atomic mass is 10.1. The van der Waals surface area contributed by atoms with Crippen LogP contribution in [0.25, 0.3) is 11.5 Å². The smallest absolute Gasteiger partial charge is 0.260 e. The highest BCUT2D eigenvalue weighted by molar-refractivity contribution is 6.10. The van der Waals surface area contributed by atoms with Crippen LogP contribution < -0.4 is 15.1 Å². The molecule has 0 atom stereocenters. The molecule has 3 aromatic heterocycles. The maximum absolute atomic E-state index is 13.4. The topological polar surface area (TPSA) is 92.1 Å². The van der Waals surface area contributed by atoms with Crippen LogP contribution in [0.3, 0.4) is 0 Å². The van der Waals surface area contributed by atoms with Gasteiger partial charge < -0.3 is 14.8 Å². The number of aromatic nitrogens is 5. The molecular weight excluding hydrogens is 392 g/mol. The van der Waals surface area contributed by atoms with Crippen LogP contribution in [-0.4, -0.2) is 51.3 Å². The minimum absolute atomic E-state index is 0.0597. The zero-order valence-electron chi connectivity index (χ0n) is 18.6. The summed E-state index contributed by atoms with van der Waals surface area (Å²) in [6, 6.07) is 7.74. The summed E-state index contributed by atoms with van der Waals surface area (Å²) in [6.07, 6.45) is 1.70. The van der Waals surface area contributed by atoms with Crippen LogP contribution in [0, 0.1) is 0 Å². The predicted octanol–water partition coefficient (Wildman–Crippen LogP) is 2.65. The van der Waals surface area contributed by atoms with Gasteiger partial charge in [-0.25, -0.2) is 9.97 Å². The molecule has 1 aliphatic rings. The Balaban J connectivity index is 1.72. The van der Waals surface area contributed by atoms with E-state index in [1.165, 1.54) is 0 Å². The van der Waals surface area contributed by atoms with E-state index in [1.54, 1.807) is 11.2 Å². The Hall–Kier alpha value is -3.33. The van der Waals surface area contributed by atoms with Crippen molar-refractivity contribution >= 4 is 17.5 Å². The molecule has 31 heavy (non-hydrogen) atoms. The standard InChI is InChI=1S/C22H28N8O/c1-6-28(5)20-10-15-16(18(26-20)11-23-4)12-29(22(15)31)19-9-7-8-17(25-19)21-27-24-13-30(21)14(2)3/h7-10,13-14,23H,6,11-12H2,1-5H3. The first-order valence-electron chi connectivity index (χ1n) is 10.5. The zero-order chi connectivity index (χ0) is 22.1. The lowest BCUT2D eigenvalue weighted by Crippen LogP contribution is -2.24. The van der Waals surface area contributed by atoms with Crippen molar-refractivity contribution in [3.8, 4) is 11.5 Å². The molecule has 3 aromatic rings. The molecule has 0 saturated carbocycles. The van der Waals surface area contributed by atoms with E-state index in [9.17, 15) is 4.79 Å². The number of nitrogens with one attached hydrogen (secondary N) is 1. The Morgan fingerprint density at radius 1 is 1.26 bits per heavy atom. The minimum Gasteiger partial charge on any atom is -0.360 e. The van der Waals surface area contributed by atoms with E-state index in [-0.39, 0.29) is 11.9 Å². The molecule has 1 aliphatic heterocycles. The first-order chi connectivity index (χ1) is 14.9. The largest absolute Gasteiger partial charge is 0.360 e. The van der Waals surface area contributed by atoms with Crippen LogP contribution in [0.2, 0.25) is 0 Å². The molecule has 0 saturated heterocycles. The van der Waals surface area contributed by atoms with Crippen molar-refractivity contribution in [2.45, 2.75) is 39.9 Å². The van der Waals surface area contributed by atoms with E-state index >= 15 is 0 Å². The summed E-state index contributed by atoms with van der Waals surface area (Å²) in [5, 5.41) is 11.4. The second-order valence-corrected chi connectivity index (χ2v) is 7.93. The fraction of sp³-hybridized carbons (Fsp3) is 0.409. The molecule has 1 N–H and O–H groups in total. The highest BCUT2D eigenvalue weighted by atomic mass is 16.2. The normalized spacial score (nSPS) is 13.2. The third-order valence-electron chi connectivity index (χ3n) is 5.57. The number of pyridine rings is 2. The average Bonchev–Trinajstić information content (AvgIpc) is 3.39. The third kappa shape index (κ3) is 3.76. The van der Waals surface area contributed by atoms with Gasteiger partial charge in [-0.1, -0.05) is 6.07 Å². The number of rotatable bonds is 7. The highest BCUT2D eigenvalue weighted by Crippen LogP contribution is 2.32. The van der Waals surface area contributed by atoms with Gasteiger partial charge in [0, 0.05) is 31.7 Å². The van der Waals surface area contributed by atoms with Crippen LogP contribution in [-0.2, 0) is 13.1 Å². The van der Waals surface area contributed by atoms with Gasteiger partial charge >= 0.3 is 0 Å². The second kappa shape index (κ2) is 8.43. The molecule has 0 aliphatic carbocycles. The summed E-state index contributed by atoms with van der Waals surface area (Å²) in [5.41, 5.74) is 3.22.